The average Bonchev–Trinajstić information content (AvgIpc) is 2.98. The topological polar surface area (TPSA) is 24.9 Å². The fourth-order valence-electron chi connectivity index (χ4n) is 1.99. The van der Waals surface area contributed by atoms with E-state index in [4.69, 9.17) is 0 Å². The van der Waals surface area contributed by atoms with Gasteiger partial charge in [0.05, 0.1) is 10.7 Å². The van der Waals surface area contributed by atoms with Crippen LogP contribution in [0.1, 0.15) is 28.9 Å². The van der Waals surface area contributed by atoms with Gasteiger partial charge in [0.2, 0.25) is 0 Å². The summed E-state index contributed by atoms with van der Waals surface area (Å²) in [7, 11) is 0. The van der Waals surface area contributed by atoms with Crippen molar-refractivity contribution >= 4 is 22.7 Å². The number of aryl methyl sites for hydroxylation is 1. The molecule has 2 aromatic heterocycles. The van der Waals surface area contributed by atoms with Crippen molar-refractivity contribution in [2.24, 2.45) is 0 Å². The van der Waals surface area contributed by atoms with Crippen LogP contribution in [0.2, 0.25) is 0 Å². The molecule has 0 saturated heterocycles. The van der Waals surface area contributed by atoms with Crippen molar-refractivity contribution in [3.05, 3.63) is 38.5 Å². The molecule has 0 fully saturated rings. The summed E-state index contributed by atoms with van der Waals surface area (Å²) in [6.45, 7) is 5.36. The summed E-state index contributed by atoms with van der Waals surface area (Å²) in [5.41, 5.74) is 1.22. The Labute approximate surface area is 117 Å². The normalized spacial score (nSPS) is 12.8. The Morgan fingerprint density at radius 1 is 1.33 bits per heavy atom. The van der Waals surface area contributed by atoms with Crippen LogP contribution >= 0.6 is 22.7 Å². The number of hydrogen-bond acceptors (Lipinski definition) is 4. The molecule has 2 rings (SSSR count). The van der Waals surface area contributed by atoms with Crippen LogP contribution in [-0.4, -0.2) is 17.6 Å². The van der Waals surface area contributed by atoms with E-state index in [1.54, 1.807) is 11.3 Å². The van der Waals surface area contributed by atoms with E-state index in [1.165, 1.54) is 17.0 Å². The lowest BCUT2D eigenvalue weighted by atomic mass is 10.1. The van der Waals surface area contributed by atoms with E-state index in [-0.39, 0.29) is 0 Å². The zero-order valence-corrected chi connectivity index (χ0v) is 12.6. The number of aromatic nitrogens is 1. The fraction of sp³-hybridized carbons (Fsp3) is 0.500. The smallest absolute Gasteiger partial charge is 0.0897 e. The van der Waals surface area contributed by atoms with Crippen molar-refractivity contribution in [3.63, 3.8) is 0 Å². The second-order valence-corrected chi connectivity index (χ2v) is 6.59. The summed E-state index contributed by atoms with van der Waals surface area (Å²) >= 11 is 3.58. The number of thiophene rings is 1. The largest absolute Gasteiger partial charge is 0.313 e. The van der Waals surface area contributed by atoms with Gasteiger partial charge in [0, 0.05) is 22.7 Å². The number of rotatable bonds is 7. The van der Waals surface area contributed by atoms with Crippen LogP contribution in [0.4, 0.5) is 0 Å². The van der Waals surface area contributed by atoms with Gasteiger partial charge in [-0.3, -0.25) is 0 Å². The minimum Gasteiger partial charge on any atom is -0.313 e. The molecule has 0 bridgehead atoms. The molecule has 0 aromatic carbocycles. The molecular weight excluding hydrogens is 260 g/mol. The van der Waals surface area contributed by atoms with Gasteiger partial charge in [-0.25, -0.2) is 4.98 Å². The fourth-order valence-corrected chi connectivity index (χ4v) is 3.40. The maximum absolute atomic E-state index is 4.57. The van der Waals surface area contributed by atoms with Crippen LogP contribution in [0.5, 0.6) is 0 Å². The van der Waals surface area contributed by atoms with Gasteiger partial charge in [0.1, 0.15) is 0 Å². The van der Waals surface area contributed by atoms with Crippen LogP contribution < -0.4 is 5.32 Å². The summed E-state index contributed by atoms with van der Waals surface area (Å²) in [6.07, 6.45) is 3.31. The van der Waals surface area contributed by atoms with E-state index in [0.717, 1.165) is 24.4 Å². The molecule has 0 radical (unpaired) electrons. The van der Waals surface area contributed by atoms with E-state index in [9.17, 15) is 0 Å². The summed E-state index contributed by atoms with van der Waals surface area (Å²) in [4.78, 5) is 6.02. The first-order chi connectivity index (χ1) is 8.78. The molecule has 98 valence electrons. The van der Waals surface area contributed by atoms with Crippen molar-refractivity contribution in [2.45, 2.75) is 39.2 Å². The molecule has 0 aliphatic carbocycles. The van der Waals surface area contributed by atoms with Gasteiger partial charge in [-0.05, 0) is 37.8 Å². The quantitative estimate of drug-likeness (QED) is 0.837. The van der Waals surface area contributed by atoms with E-state index in [1.807, 2.05) is 11.3 Å². The first kappa shape index (κ1) is 13.7. The van der Waals surface area contributed by atoms with E-state index in [2.05, 4.69) is 47.0 Å². The van der Waals surface area contributed by atoms with Gasteiger partial charge in [-0.15, -0.1) is 22.7 Å². The molecule has 0 amide bonds. The number of nitrogens with zero attached hydrogens (tertiary/aromatic N) is 1. The lowest BCUT2D eigenvalue weighted by molar-refractivity contribution is 0.504. The van der Waals surface area contributed by atoms with Crippen LogP contribution in [0.25, 0.3) is 0 Å². The second kappa shape index (κ2) is 7.02. The van der Waals surface area contributed by atoms with E-state index in [0.29, 0.717) is 6.04 Å². The Balaban J connectivity index is 1.95. The third kappa shape index (κ3) is 4.19. The highest BCUT2D eigenvalue weighted by Gasteiger charge is 2.12. The molecule has 0 aliphatic rings. The predicted octanol–water partition coefficient (Wildman–Crippen LogP) is 3.67. The Morgan fingerprint density at radius 3 is 2.83 bits per heavy atom. The van der Waals surface area contributed by atoms with Crippen LogP contribution in [0.15, 0.2) is 22.9 Å². The van der Waals surface area contributed by atoms with Gasteiger partial charge >= 0.3 is 0 Å². The lowest BCUT2D eigenvalue weighted by Gasteiger charge is -2.16. The minimum absolute atomic E-state index is 0.505. The molecule has 2 heterocycles. The van der Waals surface area contributed by atoms with Gasteiger partial charge in [-0.1, -0.05) is 13.0 Å². The molecule has 0 aliphatic heterocycles. The molecule has 1 N–H and O–H groups in total. The van der Waals surface area contributed by atoms with E-state index >= 15 is 0 Å². The van der Waals surface area contributed by atoms with Gasteiger partial charge in [0.25, 0.3) is 0 Å². The van der Waals surface area contributed by atoms with Crippen molar-refractivity contribution < 1.29 is 0 Å². The Kier molecular flexibility index (Phi) is 5.35. The molecule has 2 nitrogen and oxygen atoms in total. The van der Waals surface area contributed by atoms with Crippen LogP contribution in [-0.2, 0) is 12.8 Å². The molecule has 1 unspecified atom stereocenters. The molecular formula is C14H20N2S2. The Morgan fingerprint density at radius 2 is 2.22 bits per heavy atom. The monoisotopic (exact) mass is 280 g/mol. The van der Waals surface area contributed by atoms with E-state index < -0.39 is 0 Å². The summed E-state index contributed by atoms with van der Waals surface area (Å²) < 4.78 is 0. The zero-order valence-electron chi connectivity index (χ0n) is 11.0. The van der Waals surface area contributed by atoms with Crippen LogP contribution in [0.3, 0.4) is 0 Å². The van der Waals surface area contributed by atoms with Gasteiger partial charge in [-0.2, -0.15) is 0 Å². The van der Waals surface area contributed by atoms with Crippen molar-refractivity contribution in [1.29, 1.82) is 0 Å². The lowest BCUT2D eigenvalue weighted by Crippen LogP contribution is -2.33. The predicted molar refractivity (Wildman–Crippen MR) is 80.7 cm³/mol. The highest BCUT2D eigenvalue weighted by molar-refractivity contribution is 7.10. The van der Waals surface area contributed by atoms with Crippen LogP contribution in [0, 0.1) is 6.92 Å². The summed E-state index contributed by atoms with van der Waals surface area (Å²) in [5, 5.41) is 9.14. The van der Waals surface area contributed by atoms with Gasteiger partial charge < -0.3 is 5.32 Å². The third-order valence-electron chi connectivity index (χ3n) is 2.83. The minimum atomic E-state index is 0.505. The Bertz CT molecular complexity index is 448. The van der Waals surface area contributed by atoms with Crippen molar-refractivity contribution in [2.75, 3.05) is 6.54 Å². The molecule has 0 saturated carbocycles. The highest BCUT2D eigenvalue weighted by Crippen LogP contribution is 2.15. The summed E-state index contributed by atoms with van der Waals surface area (Å²) in [6, 6.07) is 4.85. The first-order valence-electron chi connectivity index (χ1n) is 6.44. The first-order valence-corrected chi connectivity index (χ1v) is 8.20. The molecule has 1 atom stereocenters. The maximum Gasteiger partial charge on any atom is 0.0897 e. The SMILES string of the molecule is CCCNC(Cc1csc(C)n1)Cc1cccs1. The number of nitrogens with one attached hydrogen (secondary N) is 1. The molecule has 4 heteroatoms. The molecule has 2 aromatic rings. The molecule has 18 heavy (non-hydrogen) atoms. The van der Waals surface area contributed by atoms with Gasteiger partial charge in [0.15, 0.2) is 0 Å². The van der Waals surface area contributed by atoms with Crippen molar-refractivity contribution in [3.8, 4) is 0 Å². The number of hydrogen-bond donors (Lipinski definition) is 1. The third-order valence-corrected chi connectivity index (χ3v) is 4.55. The number of thiazole rings is 1. The highest BCUT2D eigenvalue weighted by atomic mass is 32.1. The second-order valence-electron chi connectivity index (χ2n) is 4.50. The average molecular weight is 280 g/mol. The van der Waals surface area contributed by atoms with Crippen molar-refractivity contribution in [1.82, 2.24) is 10.3 Å². The standard InChI is InChI=1S/C14H20N2S2/c1-3-6-15-12(9-14-5-4-7-17-14)8-13-10-18-11(2)16-13/h4-5,7,10,12,15H,3,6,8-9H2,1-2H3. The molecule has 0 spiro atoms. The Hall–Kier alpha value is -0.710. The summed E-state index contributed by atoms with van der Waals surface area (Å²) in [5.74, 6) is 0. The maximum atomic E-state index is 4.57. The zero-order chi connectivity index (χ0) is 12.8.